The Hall–Kier alpha value is -1.31. The number of aromatic nitrogens is 1. The van der Waals surface area contributed by atoms with Crippen molar-refractivity contribution in [2.45, 2.75) is 37.9 Å². The van der Waals surface area contributed by atoms with Crippen molar-refractivity contribution in [1.29, 1.82) is 0 Å². The Bertz CT molecular complexity index is 524. The third-order valence-corrected chi connectivity index (χ3v) is 4.06. The summed E-state index contributed by atoms with van der Waals surface area (Å²) in [6.07, 6.45) is 2.01. The minimum Gasteiger partial charge on any atom is -0.380 e. The minimum atomic E-state index is -4.39. The molecule has 0 aromatic carbocycles. The zero-order valence-corrected chi connectivity index (χ0v) is 13.4. The highest BCUT2D eigenvalue weighted by molar-refractivity contribution is 9.10. The average Bonchev–Trinajstić information content (AvgIpc) is 2.45. The van der Waals surface area contributed by atoms with Gasteiger partial charge in [0.15, 0.2) is 0 Å². The Morgan fingerprint density at radius 2 is 2.05 bits per heavy atom. The standard InChI is InChI=1S/C14H17BrF3N3O/c15-9-5-10(7-19-6-9)21-12-4-2-1-3-11(12)13(22)20-8-14(16,17)18/h5-7,11-12,21H,1-4,8H2,(H,20,22)/t11-,12+/m0/s1. The Morgan fingerprint density at radius 3 is 2.73 bits per heavy atom. The summed E-state index contributed by atoms with van der Waals surface area (Å²) in [7, 11) is 0. The molecular weight excluding hydrogens is 363 g/mol. The molecule has 0 bridgehead atoms. The summed E-state index contributed by atoms with van der Waals surface area (Å²) < 4.78 is 37.5. The molecule has 0 saturated heterocycles. The molecule has 8 heteroatoms. The highest BCUT2D eigenvalue weighted by Gasteiger charge is 2.34. The molecule has 1 fully saturated rings. The largest absolute Gasteiger partial charge is 0.405 e. The quantitative estimate of drug-likeness (QED) is 0.841. The van der Waals surface area contributed by atoms with Crippen LogP contribution in [0.25, 0.3) is 0 Å². The smallest absolute Gasteiger partial charge is 0.380 e. The highest BCUT2D eigenvalue weighted by Crippen LogP contribution is 2.28. The van der Waals surface area contributed by atoms with Gasteiger partial charge in [0.1, 0.15) is 6.54 Å². The number of amides is 1. The van der Waals surface area contributed by atoms with Crippen LogP contribution in [0.15, 0.2) is 22.9 Å². The molecule has 4 nitrogen and oxygen atoms in total. The Labute approximate surface area is 135 Å². The van der Waals surface area contributed by atoms with Gasteiger partial charge in [0.25, 0.3) is 0 Å². The lowest BCUT2D eigenvalue weighted by atomic mass is 9.83. The third-order valence-electron chi connectivity index (χ3n) is 3.62. The van der Waals surface area contributed by atoms with Gasteiger partial charge >= 0.3 is 6.18 Å². The van der Waals surface area contributed by atoms with Gasteiger partial charge in [-0.3, -0.25) is 9.78 Å². The number of hydrogen-bond acceptors (Lipinski definition) is 3. The Kier molecular flexibility index (Phi) is 5.66. The number of carbonyl (C=O) groups is 1. The van der Waals surface area contributed by atoms with Gasteiger partial charge in [-0.15, -0.1) is 0 Å². The molecule has 1 aliphatic carbocycles. The van der Waals surface area contributed by atoms with E-state index >= 15 is 0 Å². The minimum absolute atomic E-state index is 0.182. The second-order valence-corrected chi connectivity index (χ2v) is 6.28. The summed E-state index contributed by atoms with van der Waals surface area (Å²) in [6, 6.07) is 1.64. The summed E-state index contributed by atoms with van der Waals surface area (Å²) in [5, 5.41) is 5.21. The van der Waals surface area contributed by atoms with Crippen molar-refractivity contribution in [3.63, 3.8) is 0 Å². The van der Waals surface area contributed by atoms with E-state index in [-0.39, 0.29) is 6.04 Å². The molecule has 1 aromatic heterocycles. The van der Waals surface area contributed by atoms with E-state index in [1.165, 1.54) is 0 Å². The van der Waals surface area contributed by atoms with Gasteiger partial charge in [0.05, 0.1) is 17.8 Å². The van der Waals surface area contributed by atoms with Crippen LogP contribution < -0.4 is 10.6 Å². The topological polar surface area (TPSA) is 54.0 Å². The highest BCUT2D eigenvalue weighted by atomic mass is 79.9. The van der Waals surface area contributed by atoms with Crippen LogP contribution in [0.3, 0.4) is 0 Å². The lowest BCUT2D eigenvalue weighted by Crippen LogP contribution is -2.45. The average molecular weight is 380 g/mol. The summed E-state index contributed by atoms with van der Waals surface area (Å²) in [5.74, 6) is -1.01. The fourth-order valence-corrected chi connectivity index (χ4v) is 3.01. The van der Waals surface area contributed by atoms with Gasteiger partial charge < -0.3 is 10.6 Å². The molecule has 2 rings (SSSR count). The second-order valence-electron chi connectivity index (χ2n) is 5.37. The summed E-state index contributed by atoms with van der Waals surface area (Å²) in [4.78, 5) is 16.1. The van der Waals surface area contributed by atoms with Crippen molar-refractivity contribution in [1.82, 2.24) is 10.3 Å². The maximum atomic E-state index is 12.2. The van der Waals surface area contributed by atoms with Crippen LogP contribution in [0.1, 0.15) is 25.7 Å². The number of nitrogens with zero attached hydrogens (tertiary/aromatic N) is 1. The molecule has 1 aromatic rings. The summed E-state index contributed by atoms with van der Waals surface area (Å²) >= 11 is 3.31. The number of halogens is 4. The van der Waals surface area contributed by atoms with Crippen LogP contribution in [0.2, 0.25) is 0 Å². The van der Waals surface area contributed by atoms with E-state index in [0.717, 1.165) is 29.4 Å². The van der Waals surface area contributed by atoms with Crippen molar-refractivity contribution in [2.75, 3.05) is 11.9 Å². The van der Waals surface area contributed by atoms with Gasteiger partial charge in [-0.2, -0.15) is 13.2 Å². The molecular formula is C14H17BrF3N3O. The molecule has 0 spiro atoms. The van der Waals surface area contributed by atoms with E-state index in [0.29, 0.717) is 6.42 Å². The number of anilines is 1. The number of hydrogen-bond donors (Lipinski definition) is 2. The maximum Gasteiger partial charge on any atom is 0.405 e. The molecule has 2 N–H and O–H groups in total. The van der Waals surface area contributed by atoms with E-state index in [1.807, 2.05) is 11.4 Å². The number of carbonyl (C=O) groups excluding carboxylic acids is 1. The predicted octanol–water partition coefficient (Wildman–Crippen LogP) is 3.49. The number of pyridine rings is 1. The fourth-order valence-electron chi connectivity index (χ4n) is 2.64. The third kappa shape index (κ3) is 5.15. The molecule has 0 unspecified atom stereocenters. The summed E-state index contributed by atoms with van der Waals surface area (Å²) in [6.45, 7) is -1.28. The monoisotopic (exact) mass is 379 g/mol. The number of nitrogens with one attached hydrogen (secondary N) is 2. The van der Waals surface area contributed by atoms with Crippen molar-refractivity contribution in [2.24, 2.45) is 5.92 Å². The first-order valence-electron chi connectivity index (χ1n) is 7.07. The molecule has 0 radical (unpaired) electrons. The lowest BCUT2D eigenvalue weighted by molar-refractivity contribution is -0.141. The molecule has 122 valence electrons. The van der Waals surface area contributed by atoms with Gasteiger partial charge in [-0.25, -0.2) is 0 Å². The number of rotatable bonds is 4. The molecule has 1 aliphatic rings. The SMILES string of the molecule is O=C(NCC(F)(F)F)[C@H]1CCCC[C@H]1Nc1cncc(Br)c1. The van der Waals surface area contributed by atoms with E-state index in [1.54, 1.807) is 12.4 Å². The van der Waals surface area contributed by atoms with Gasteiger partial charge in [0, 0.05) is 16.7 Å². The van der Waals surface area contributed by atoms with Crippen LogP contribution in [-0.2, 0) is 4.79 Å². The zero-order valence-electron chi connectivity index (χ0n) is 11.8. The van der Waals surface area contributed by atoms with E-state index in [4.69, 9.17) is 0 Å². The van der Waals surface area contributed by atoms with Gasteiger partial charge in [0.2, 0.25) is 5.91 Å². The van der Waals surface area contributed by atoms with Crippen LogP contribution in [-0.4, -0.2) is 29.7 Å². The van der Waals surface area contributed by atoms with E-state index in [9.17, 15) is 18.0 Å². The van der Waals surface area contributed by atoms with Crippen molar-refractivity contribution < 1.29 is 18.0 Å². The first kappa shape index (κ1) is 17.1. The van der Waals surface area contributed by atoms with E-state index in [2.05, 4.69) is 26.2 Å². The van der Waals surface area contributed by atoms with Gasteiger partial charge in [-0.1, -0.05) is 12.8 Å². The van der Waals surface area contributed by atoms with Crippen LogP contribution >= 0.6 is 15.9 Å². The predicted molar refractivity (Wildman–Crippen MR) is 80.4 cm³/mol. The Balaban J connectivity index is 2.00. The zero-order chi connectivity index (χ0) is 16.2. The molecule has 1 amide bonds. The first-order valence-corrected chi connectivity index (χ1v) is 7.86. The van der Waals surface area contributed by atoms with Gasteiger partial charge in [-0.05, 0) is 34.8 Å². The summed E-state index contributed by atoms with van der Waals surface area (Å²) in [5.41, 5.74) is 0.745. The van der Waals surface area contributed by atoms with Crippen LogP contribution in [0.5, 0.6) is 0 Å². The molecule has 22 heavy (non-hydrogen) atoms. The second kappa shape index (κ2) is 7.30. The molecule has 2 atom stereocenters. The number of alkyl halides is 3. The first-order chi connectivity index (χ1) is 10.3. The van der Waals surface area contributed by atoms with Crippen molar-refractivity contribution in [3.05, 3.63) is 22.9 Å². The Morgan fingerprint density at radius 1 is 1.32 bits per heavy atom. The van der Waals surface area contributed by atoms with Crippen molar-refractivity contribution in [3.8, 4) is 0 Å². The van der Waals surface area contributed by atoms with Crippen LogP contribution in [0, 0.1) is 5.92 Å². The molecule has 1 saturated carbocycles. The van der Waals surface area contributed by atoms with E-state index < -0.39 is 24.5 Å². The normalized spacial score (nSPS) is 22.2. The lowest BCUT2D eigenvalue weighted by Gasteiger charge is -2.32. The fraction of sp³-hybridized carbons (Fsp3) is 0.571. The van der Waals surface area contributed by atoms with Crippen molar-refractivity contribution >= 4 is 27.5 Å². The maximum absolute atomic E-state index is 12.2. The molecule has 1 heterocycles. The van der Waals surface area contributed by atoms with Crippen LogP contribution in [0.4, 0.5) is 18.9 Å². The molecule has 0 aliphatic heterocycles.